The summed E-state index contributed by atoms with van der Waals surface area (Å²) in [6.07, 6.45) is 22.0. The van der Waals surface area contributed by atoms with Crippen LogP contribution in [0.5, 0.6) is 28.7 Å². The van der Waals surface area contributed by atoms with Crippen molar-refractivity contribution in [3.05, 3.63) is 152 Å². The zero-order chi connectivity index (χ0) is 58.3. The van der Waals surface area contributed by atoms with Crippen molar-refractivity contribution in [3.8, 4) is 28.7 Å². The SMILES string of the molecule is C=CC(=O)OCCCCCCCCCCCOc1ccc(OCc2ccc(C(=O)Oc3ccc4c5ccc(OCCCCCCCCCCOC(=O)C=C)cc5c5nc6cc(OCCOCCOC(=O)C=C)ccc6nc5c4c3)cc2)cc1. The van der Waals surface area contributed by atoms with Crippen LogP contribution in [0.15, 0.2) is 141 Å². The topological polar surface area (TPSA) is 177 Å². The molecule has 0 atom stereocenters. The highest BCUT2D eigenvalue weighted by atomic mass is 16.6. The largest absolute Gasteiger partial charge is 0.494 e. The number of ether oxygens (including phenoxy) is 9. The van der Waals surface area contributed by atoms with Gasteiger partial charge in [-0.1, -0.05) is 115 Å². The van der Waals surface area contributed by atoms with Crippen molar-refractivity contribution in [2.45, 2.75) is 116 Å². The zero-order valence-corrected chi connectivity index (χ0v) is 47.8. The van der Waals surface area contributed by atoms with Crippen molar-refractivity contribution in [2.24, 2.45) is 0 Å². The highest BCUT2D eigenvalue weighted by molar-refractivity contribution is 6.24. The van der Waals surface area contributed by atoms with E-state index in [9.17, 15) is 19.2 Å². The number of aromatic nitrogens is 2. The molecule has 1 aromatic heterocycles. The van der Waals surface area contributed by atoms with Gasteiger partial charge in [0.25, 0.3) is 0 Å². The summed E-state index contributed by atoms with van der Waals surface area (Å²) in [5.41, 5.74) is 3.87. The minimum atomic E-state index is -0.500. The van der Waals surface area contributed by atoms with Crippen molar-refractivity contribution in [1.82, 2.24) is 9.97 Å². The summed E-state index contributed by atoms with van der Waals surface area (Å²) in [4.78, 5) is 57.7. The molecule has 0 amide bonds. The number of rotatable bonds is 40. The van der Waals surface area contributed by atoms with Gasteiger partial charge in [-0.25, -0.2) is 29.1 Å². The zero-order valence-electron chi connectivity index (χ0n) is 47.8. The summed E-state index contributed by atoms with van der Waals surface area (Å²) in [6, 6.07) is 32.0. The van der Waals surface area contributed by atoms with Crippen LogP contribution in [0.2, 0.25) is 0 Å². The summed E-state index contributed by atoms with van der Waals surface area (Å²) in [5.74, 6) is 1.48. The van der Waals surface area contributed by atoms with Gasteiger partial charge in [-0.3, -0.25) is 0 Å². The highest BCUT2D eigenvalue weighted by Crippen LogP contribution is 2.38. The number of carbonyl (C=O) groups excluding carboxylic acids is 4. The standard InChI is InChI=1S/C68H78N2O13/c1-4-63(71)79-40-22-18-14-9-7-8-12-16-20-38-76-52-28-30-53(31-29-52)82-49-50-24-26-51(27-25-50)68(74)83-56-33-36-58-57-35-32-54(77-39-21-17-13-10-11-15-19-23-41-80-64(72)5-2)46-59(57)67-66(60(58)47-56)69-61-37-34-55(48-62(61)70-67)78-44-42-75-43-45-81-65(73)6-3/h4-6,24-37,46-48H,1-3,7-23,38-45,49H2. The Bertz CT molecular complexity index is 3230. The van der Waals surface area contributed by atoms with E-state index in [4.69, 9.17) is 52.6 Å². The molecule has 0 spiro atoms. The second-order valence-electron chi connectivity index (χ2n) is 20.1. The molecule has 83 heavy (non-hydrogen) atoms. The highest BCUT2D eigenvalue weighted by Gasteiger charge is 2.17. The molecule has 7 rings (SSSR count). The van der Waals surface area contributed by atoms with E-state index in [1.54, 1.807) is 18.2 Å². The van der Waals surface area contributed by atoms with Crippen LogP contribution in [-0.4, -0.2) is 86.7 Å². The lowest BCUT2D eigenvalue weighted by atomic mass is 9.98. The fraction of sp³-hybridized carbons (Fsp3) is 0.382. The van der Waals surface area contributed by atoms with Gasteiger partial charge in [0.1, 0.15) is 48.6 Å². The van der Waals surface area contributed by atoms with E-state index in [0.29, 0.717) is 77.9 Å². The number of carbonyl (C=O) groups is 4. The van der Waals surface area contributed by atoms with E-state index in [2.05, 4.69) is 19.7 Å². The van der Waals surface area contributed by atoms with Crippen molar-refractivity contribution >= 4 is 67.5 Å². The van der Waals surface area contributed by atoms with E-state index in [-0.39, 0.29) is 38.4 Å². The normalized spacial score (nSPS) is 11.1. The van der Waals surface area contributed by atoms with Gasteiger partial charge in [0.05, 0.1) is 67.3 Å². The van der Waals surface area contributed by atoms with Crippen molar-refractivity contribution in [3.63, 3.8) is 0 Å². The summed E-state index contributed by atoms with van der Waals surface area (Å²) in [6.45, 7) is 13.6. The molecule has 438 valence electrons. The van der Waals surface area contributed by atoms with Crippen LogP contribution in [-0.2, 0) is 39.9 Å². The van der Waals surface area contributed by atoms with Gasteiger partial charge in [-0.2, -0.15) is 0 Å². The van der Waals surface area contributed by atoms with Crippen LogP contribution >= 0.6 is 0 Å². The van der Waals surface area contributed by atoms with Crippen LogP contribution in [0.1, 0.15) is 125 Å². The number of unbranched alkanes of at least 4 members (excludes halogenated alkanes) is 15. The molecular weight excluding hydrogens is 1050 g/mol. The molecule has 0 saturated heterocycles. The first-order valence-electron chi connectivity index (χ1n) is 29.2. The lowest BCUT2D eigenvalue weighted by Gasteiger charge is -2.14. The average molecular weight is 1130 g/mol. The third-order valence-electron chi connectivity index (χ3n) is 13.9. The Morgan fingerprint density at radius 3 is 1.33 bits per heavy atom. The minimum Gasteiger partial charge on any atom is -0.494 e. The average Bonchev–Trinajstić information content (AvgIpc) is 1.39. The van der Waals surface area contributed by atoms with E-state index in [1.807, 2.05) is 84.9 Å². The van der Waals surface area contributed by atoms with Crippen LogP contribution in [0.3, 0.4) is 0 Å². The summed E-state index contributed by atoms with van der Waals surface area (Å²) < 4.78 is 51.0. The number of hydrogen-bond acceptors (Lipinski definition) is 15. The molecular formula is C68H78N2O13. The lowest BCUT2D eigenvalue weighted by molar-refractivity contribution is -0.139. The number of nitrogens with zero attached hydrogens (tertiary/aromatic N) is 2. The predicted octanol–water partition coefficient (Wildman–Crippen LogP) is 14.9. The molecule has 0 fully saturated rings. The first-order chi connectivity index (χ1) is 40.7. The fourth-order valence-corrected chi connectivity index (χ4v) is 9.39. The molecule has 7 aromatic rings. The second-order valence-corrected chi connectivity index (χ2v) is 20.1. The monoisotopic (exact) mass is 1130 g/mol. The summed E-state index contributed by atoms with van der Waals surface area (Å²) in [5, 5.41) is 3.50. The quantitative estimate of drug-likeness (QED) is 0.00673. The minimum absolute atomic E-state index is 0.121. The van der Waals surface area contributed by atoms with Crippen molar-refractivity contribution in [1.29, 1.82) is 0 Å². The molecule has 1 heterocycles. The Morgan fingerprint density at radius 1 is 0.361 bits per heavy atom. The third-order valence-corrected chi connectivity index (χ3v) is 13.9. The maximum atomic E-state index is 13.7. The fourth-order valence-electron chi connectivity index (χ4n) is 9.39. The molecule has 15 nitrogen and oxygen atoms in total. The van der Waals surface area contributed by atoms with Gasteiger partial charge in [0.15, 0.2) is 0 Å². The maximum absolute atomic E-state index is 13.7. The Hall–Kier alpha value is -8.30. The van der Waals surface area contributed by atoms with Gasteiger partial charge in [0.2, 0.25) is 0 Å². The molecule has 0 aliphatic rings. The van der Waals surface area contributed by atoms with E-state index >= 15 is 0 Å². The molecule has 0 radical (unpaired) electrons. The van der Waals surface area contributed by atoms with Crippen LogP contribution < -0.4 is 23.7 Å². The Labute approximate surface area is 486 Å². The Kier molecular flexibility index (Phi) is 26.2. The number of esters is 4. The number of fused-ring (bicyclic) bond motifs is 7. The van der Waals surface area contributed by atoms with Gasteiger partial charge >= 0.3 is 23.9 Å². The van der Waals surface area contributed by atoms with Gasteiger partial charge in [-0.15, -0.1) is 0 Å². The van der Waals surface area contributed by atoms with Crippen LogP contribution in [0.25, 0.3) is 43.6 Å². The first-order valence-corrected chi connectivity index (χ1v) is 29.2. The van der Waals surface area contributed by atoms with Crippen molar-refractivity contribution < 1.29 is 61.8 Å². The maximum Gasteiger partial charge on any atom is 0.343 e. The van der Waals surface area contributed by atoms with E-state index in [0.717, 1.165) is 128 Å². The van der Waals surface area contributed by atoms with Crippen molar-refractivity contribution in [2.75, 3.05) is 52.9 Å². The summed E-state index contributed by atoms with van der Waals surface area (Å²) in [7, 11) is 0. The number of hydrogen-bond donors (Lipinski definition) is 0. The lowest BCUT2D eigenvalue weighted by Crippen LogP contribution is -2.12. The van der Waals surface area contributed by atoms with E-state index in [1.165, 1.54) is 37.8 Å². The smallest absolute Gasteiger partial charge is 0.343 e. The molecule has 0 aliphatic heterocycles. The molecule has 0 saturated carbocycles. The third kappa shape index (κ3) is 20.9. The van der Waals surface area contributed by atoms with Gasteiger partial charge < -0.3 is 42.6 Å². The number of benzene rings is 6. The van der Waals surface area contributed by atoms with E-state index < -0.39 is 11.9 Å². The molecule has 0 bridgehead atoms. The molecule has 6 aromatic carbocycles. The summed E-state index contributed by atoms with van der Waals surface area (Å²) >= 11 is 0. The molecule has 0 N–H and O–H groups in total. The molecule has 0 aliphatic carbocycles. The van der Waals surface area contributed by atoms with Gasteiger partial charge in [-0.05, 0) is 127 Å². The van der Waals surface area contributed by atoms with Gasteiger partial charge in [0, 0.05) is 35.1 Å². The van der Waals surface area contributed by atoms with Crippen LogP contribution in [0, 0.1) is 0 Å². The Morgan fingerprint density at radius 2 is 0.771 bits per heavy atom. The predicted molar refractivity (Wildman–Crippen MR) is 323 cm³/mol. The van der Waals surface area contributed by atoms with Crippen LogP contribution in [0.4, 0.5) is 0 Å². The molecule has 0 unspecified atom stereocenters. The first kappa shape index (κ1) is 62.3. The second kappa shape index (κ2) is 34.9. The molecule has 15 heteroatoms. The Balaban J connectivity index is 0.924.